The van der Waals surface area contributed by atoms with Crippen molar-refractivity contribution in [2.45, 2.75) is 20.8 Å². The van der Waals surface area contributed by atoms with Crippen LogP contribution in [0.4, 0.5) is 17.5 Å². The maximum atomic E-state index is 12.9. The Morgan fingerprint density at radius 2 is 1.63 bits per heavy atom. The highest BCUT2D eigenvalue weighted by Crippen LogP contribution is 2.19. The first kappa shape index (κ1) is 19.8. The number of rotatable bonds is 4. The summed E-state index contributed by atoms with van der Waals surface area (Å²) in [5.74, 6) is 2.32. The van der Waals surface area contributed by atoms with E-state index in [1.807, 2.05) is 62.1 Å². The second kappa shape index (κ2) is 8.49. The van der Waals surface area contributed by atoms with Gasteiger partial charge in [-0.1, -0.05) is 17.7 Å². The lowest BCUT2D eigenvalue weighted by molar-refractivity contribution is 0.0745. The van der Waals surface area contributed by atoms with Crippen LogP contribution < -0.4 is 10.2 Å². The fourth-order valence-corrected chi connectivity index (χ4v) is 3.66. The van der Waals surface area contributed by atoms with Gasteiger partial charge < -0.3 is 15.1 Å². The number of hydrogen-bond donors (Lipinski definition) is 1. The molecule has 0 saturated carbocycles. The lowest BCUT2D eigenvalue weighted by atomic mass is 10.0. The van der Waals surface area contributed by atoms with Gasteiger partial charge in [0.05, 0.1) is 0 Å². The van der Waals surface area contributed by atoms with Gasteiger partial charge >= 0.3 is 0 Å². The summed E-state index contributed by atoms with van der Waals surface area (Å²) in [5, 5.41) is 11.8. The first-order valence-electron chi connectivity index (χ1n) is 10.1. The maximum absolute atomic E-state index is 12.9. The Labute approximate surface area is 176 Å². The predicted octanol–water partition coefficient (Wildman–Crippen LogP) is 3.50. The molecule has 0 atom stereocenters. The molecule has 0 aliphatic carbocycles. The van der Waals surface area contributed by atoms with Crippen molar-refractivity contribution in [1.82, 2.24) is 20.1 Å². The first-order valence-corrected chi connectivity index (χ1v) is 10.1. The monoisotopic (exact) mass is 402 g/mol. The Morgan fingerprint density at radius 3 is 2.30 bits per heavy atom. The minimum atomic E-state index is 0.100. The zero-order chi connectivity index (χ0) is 21.1. The molecule has 1 saturated heterocycles. The third kappa shape index (κ3) is 4.40. The molecule has 3 heterocycles. The van der Waals surface area contributed by atoms with Crippen LogP contribution in [-0.2, 0) is 0 Å². The molecule has 0 radical (unpaired) electrons. The largest absolute Gasteiger partial charge is 0.352 e. The fraction of sp³-hybridized carbons (Fsp3) is 0.304. The second-order valence-corrected chi connectivity index (χ2v) is 7.72. The molecule has 30 heavy (non-hydrogen) atoms. The molecule has 1 amide bonds. The van der Waals surface area contributed by atoms with Gasteiger partial charge in [-0.2, -0.15) is 0 Å². The minimum absolute atomic E-state index is 0.100. The Hall–Kier alpha value is -3.48. The Balaban J connectivity index is 1.36. The normalized spacial score (nSPS) is 14.0. The standard InChI is InChI=1S/C23H26N6O/c1-16-4-5-19(18(3)14-16)23(30)29-12-10-28(11-13-29)22-7-6-20(26-27-22)25-21-15-17(2)8-9-24-21/h4-9,14-15H,10-13H2,1-3H3,(H,24,25,26). The van der Waals surface area contributed by atoms with Crippen molar-refractivity contribution in [3.63, 3.8) is 0 Å². The van der Waals surface area contributed by atoms with Gasteiger partial charge in [-0.3, -0.25) is 4.79 Å². The van der Waals surface area contributed by atoms with Gasteiger partial charge in [0.25, 0.3) is 5.91 Å². The molecule has 1 aromatic carbocycles. The number of hydrogen-bond acceptors (Lipinski definition) is 6. The molecule has 1 N–H and O–H groups in total. The van der Waals surface area contributed by atoms with Gasteiger partial charge in [-0.25, -0.2) is 4.98 Å². The number of aromatic nitrogens is 3. The lowest BCUT2D eigenvalue weighted by Crippen LogP contribution is -2.49. The van der Waals surface area contributed by atoms with Crippen LogP contribution in [0.3, 0.4) is 0 Å². The summed E-state index contributed by atoms with van der Waals surface area (Å²) in [6.07, 6.45) is 1.76. The fourth-order valence-electron chi connectivity index (χ4n) is 3.66. The number of anilines is 3. The summed E-state index contributed by atoms with van der Waals surface area (Å²) in [6, 6.07) is 13.7. The van der Waals surface area contributed by atoms with E-state index in [4.69, 9.17) is 0 Å². The molecule has 0 unspecified atom stereocenters. The van der Waals surface area contributed by atoms with Crippen molar-refractivity contribution in [1.29, 1.82) is 0 Å². The number of nitrogens with one attached hydrogen (secondary N) is 1. The summed E-state index contributed by atoms with van der Waals surface area (Å²) in [4.78, 5) is 21.2. The lowest BCUT2D eigenvalue weighted by Gasteiger charge is -2.35. The van der Waals surface area contributed by atoms with Crippen molar-refractivity contribution < 1.29 is 4.79 Å². The van der Waals surface area contributed by atoms with Crippen molar-refractivity contribution in [2.24, 2.45) is 0 Å². The average Bonchev–Trinajstić information content (AvgIpc) is 2.74. The van der Waals surface area contributed by atoms with E-state index < -0.39 is 0 Å². The number of piperazine rings is 1. The Bertz CT molecular complexity index is 1040. The molecule has 1 aliphatic rings. The topological polar surface area (TPSA) is 74.2 Å². The summed E-state index contributed by atoms with van der Waals surface area (Å²) in [6.45, 7) is 8.86. The molecule has 0 spiro atoms. The van der Waals surface area contributed by atoms with Gasteiger partial charge in [0, 0.05) is 37.9 Å². The molecular weight excluding hydrogens is 376 g/mol. The number of carbonyl (C=O) groups excluding carboxylic acids is 1. The average molecular weight is 403 g/mol. The molecule has 0 bridgehead atoms. The minimum Gasteiger partial charge on any atom is -0.352 e. The molecule has 1 aliphatic heterocycles. The summed E-state index contributed by atoms with van der Waals surface area (Å²) in [7, 11) is 0. The SMILES string of the molecule is Cc1ccnc(Nc2ccc(N3CCN(C(=O)c4ccc(C)cc4C)CC3)nn2)c1. The van der Waals surface area contributed by atoms with E-state index in [1.165, 1.54) is 5.56 Å². The van der Waals surface area contributed by atoms with E-state index >= 15 is 0 Å². The van der Waals surface area contributed by atoms with Gasteiger partial charge in [0.2, 0.25) is 0 Å². The zero-order valence-corrected chi connectivity index (χ0v) is 17.6. The predicted molar refractivity (Wildman–Crippen MR) is 118 cm³/mol. The van der Waals surface area contributed by atoms with Crippen molar-refractivity contribution in [3.05, 3.63) is 70.9 Å². The number of amides is 1. The maximum Gasteiger partial charge on any atom is 0.254 e. The van der Waals surface area contributed by atoms with Gasteiger partial charge in [-0.15, -0.1) is 10.2 Å². The van der Waals surface area contributed by atoms with Gasteiger partial charge in [0.15, 0.2) is 11.6 Å². The molecule has 4 rings (SSSR count). The highest BCUT2D eigenvalue weighted by molar-refractivity contribution is 5.95. The number of carbonyl (C=O) groups is 1. The summed E-state index contributed by atoms with van der Waals surface area (Å²) in [5.41, 5.74) is 4.11. The third-order valence-corrected chi connectivity index (χ3v) is 5.33. The summed E-state index contributed by atoms with van der Waals surface area (Å²) >= 11 is 0. The molecular formula is C23H26N6O. The number of pyridine rings is 1. The molecule has 7 heteroatoms. The van der Waals surface area contributed by atoms with Crippen LogP contribution >= 0.6 is 0 Å². The van der Waals surface area contributed by atoms with E-state index in [0.717, 1.165) is 41.4 Å². The highest BCUT2D eigenvalue weighted by atomic mass is 16.2. The van der Waals surface area contributed by atoms with E-state index in [-0.39, 0.29) is 5.91 Å². The molecule has 3 aromatic rings. The molecule has 1 fully saturated rings. The first-order chi connectivity index (χ1) is 14.5. The molecule has 2 aromatic heterocycles. The quantitative estimate of drug-likeness (QED) is 0.720. The summed E-state index contributed by atoms with van der Waals surface area (Å²) < 4.78 is 0. The zero-order valence-electron chi connectivity index (χ0n) is 17.6. The van der Waals surface area contributed by atoms with E-state index in [1.54, 1.807) is 6.20 Å². The van der Waals surface area contributed by atoms with E-state index in [0.29, 0.717) is 18.9 Å². The Morgan fingerprint density at radius 1 is 0.867 bits per heavy atom. The smallest absolute Gasteiger partial charge is 0.254 e. The number of aryl methyl sites for hydroxylation is 3. The number of benzene rings is 1. The second-order valence-electron chi connectivity index (χ2n) is 7.72. The highest BCUT2D eigenvalue weighted by Gasteiger charge is 2.24. The van der Waals surface area contributed by atoms with Crippen LogP contribution in [0.2, 0.25) is 0 Å². The van der Waals surface area contributed by atoms with Crippen LogP contribution in [-0.4, -0.2) is 52.2 Å². The van der Waals surface area contributed by atoms with Crippen LogP contribution in [0.1, 0.15) is 27.0 Å². The van der Waals surface area contributed by atoms with E-state index in [9.17, 15) is 4.79 Å². The van der Waals surface area contributed by atoms with Gasteiger partial charge in [0.1, 0.15) is 5.82 Å². The number of nitrogens with zero attached hydrogens (tertiary/aromatic N) is 5. The van der Waals surface area contributed by atoms with Gasteiger partial charge in [-0.05, 0) is 62.2 Å². The van der Waals surface area contributed by atoms with Crippen molar-refractivity contribution in [3.8, 4) is 0 Å². The third-order valence-electron chi connectivity index (χ3n) is 5.33. The Kier molecular flexibility index (Phi) is 5.61. The van der Waals surface area contributed by atoms with Crippen LogP contribution in [0.15, 0.2) is 48.7 Å². The molecule has 7 nitrogen and oxygen atoms in total. The van der Waals surface area contributed by atoms with Crippen LogP contribution in [0, 0.1) is 20.8 Å². The van der Waals surface area contributed by atoms with Crippen molar-refractivity contribution >= 4 is 23.4 Å². The van der Waals surface area contributed by atoms with Crippen LogP contribution in [0.5, 0.6) is 0 Å². The van der Waals surface area contributed by atoms with E-state index in [2.05, 4.69) is 31.5 Å². The van der Waals surface area contributed by atoms with Crippen molar-refractivity contribution in [2.75, 3.05) is 36.4 Å². The van der Waals surface area contributed by atoms with Crippen LogP contribution in [0.25, 0.3) is 0 Å². The molecule has 154 valence electrons.